The van der Waals surface area contributed by atoms with Crippen LogP contribution in [0.2, 0.25) is 0 Å². The molecule has 0 saturated heterocycles. The Kier molecular flexibility index (Phi) is 4.90. The molecular weight excluding hydrogens is 174 g/mol. The average Bonchev–Trinajstić information content (AvgIpc) is 2.51. The summed E-state index contributed by atoms with van der Waals surface area (Å²) in [6, 6.07) is 1.24. The Morgan fingerprint density at radius 2 is 2.07 bits per heavy atom. The molecule has 0 aromatic carbocycles. The van der Waals surface area contributed by atoms with Crippen molar-refractivity contribution in [3.8, 4) is 0 Å². The van der Waals surface area contributed by atoms with Gasteiger partial charge in [-0.3, -0.25) is 0 Å². The maximum Gasteiger partial charge on any atom is 0.0618 e. The first-order chi connectivity index (χ1) is 6.65. The zero-order valence-electron chi connectivity index (χ0n) is 10.0. The lowest BCUT2D eigenvalue weighted by molar-refractivity contribution is 0.136. The van der Waals surface area contributed by atoms with E-state index in [1.54, 1.807) is 7.11 Å². The monoisotopic (exact) mass is 199 g/mol. The van der Waals surface area contributed by atoms with E-state index in [1.165, 1.54) is 19.3 Å². The summed E-state index contributed by atoms with van der Waals surface area (Å²) in [5.74, 6) is 1.50. The zero-order valence-corrected chi connectivity index (χ0v) is 10.0. The molecule has 0 heterocycles. The van der Waals surface area contributed by atoms with E-state index in [1.807, 2.05) is 0 Å². The summed E-state index contributed by atoms with van der Waals surface area (Å²) in [4.78, 5) is 0. The summed E-state index contributed by atoms with van der Waals surface area (Å²) >= 11 is 0. The first kappa shape index (κ1) is 12.0. The molecule has 0 radical (unpaired) electrons. The number of methoxy groups -OCH3 is 1. The van der Waals surface area contributed by atoms with E-state index in [4.69, 9.17) is 4.74 Å². The van der Waals surface area contributed by atoms with Gasteiger partial charge in [0, 0.05) is 19.2 Å². The Bertz CT molecular complexity index is 158. The van der Waals surface area contributed by atoms with Gasteiger partial charge < -0.3 is 10.1 Å². The predicted octanol–water partition coefficient (Wildman–Crippen LogP) is 2.44. The number of nitrogens with one attached hydrogen (secondary N) is 1. The fourth-order valence-electron chi connectivity index (χ4n) is 2.28. The Hall–Kier alpha value is -0.0800. The third kappa shape index (κ3) is 3.25. The Morgan fingerprint density at radius 3 is 2.50 bits per heavy atom. The van der Waals surface area contributed by atoms with Crippen LogP contribution in [0.15, 0.2) is 0 Å². The molecule has 0 aliphatic heterocycles. The third-order valence-electron chi connectivity index (χ3n) is 3.44. The highest BCUT2D eigenvalue weighted by atomic mass is 16.5. The molecular formula is C12H25NO. The van der Waals surface area contributed by atoms with E-state index in [0.29, 0.717) is 12.0 Å². The van der Waals surface area contributed by atoms with Crippen molar-refractivity contribution in [3.63, 3.8) is 0 Å². The van der Waals surface area contributed by atoms with E-state index in [9.17, 15) is 0 Å². The van der Waals surface area contributed by atoms with Crippen LogP contribution in [0.1, 0.15) is 40.0 Å². The number of rotatable bonds is 5. The molecule has 0 bridgehead atoms. The van der Waals surface area contributed by atoms with Gasteiger partial charge in [-0.15, -0.1) is 0 Å². The molecule has 3 atom stereocenters. The van der Waals surface area contributed by atoms with Crippen LogP contribution in [0.25, 0.3) is 0 Å². The molecule has 0 aromatic rings. The molecule has 1 saturated carbocycles. The lowest BCUT2D eigenvalue weighted by Gasteiger charge is -2.27. The summed E-state index contributed by atoms with van der Waals surface area (Å²) in [5, 5.41) is 3.74. The number of hydrogen-bond acceptors (Lipinski definition) is 2. The van der Waals surface area contributed by atoms with E-state index < -0.39 is 0 Å². The molecule has 84 valence electrons. The summed E-state index contributed by atoms with van der Waals surface area (Å²) in [5.41, 5.74) is 0. The fraction of sp³-hybridized carbons (Fsp3) is 1.00. The van der Waals surface area contributed by atoms with Gasteiger partial charge in [-0.05, 0) is 24.7 Å². The normalized spacial score (nSPS) is 29.8. The van der Waals surface area contributed by atoms with Gasteiger partial charge >= 0.3 is 0 Å². The largest absolute Gasteiger partial charge is 0.383 e. The van der Waals surface area contributed by atoms with Crippen LogP contribution >= 0.6 is 0 Å². The Balaban J connectivity index is 2.37. The Morgan fingerprint density at radius 1 is 1.36 bits per heavy atom. The number of hydrogen-bond donors (Lipinski definition) is 1. The molecule has 1 rings (SSSR count). The van der Waals surface area contributed by atoms with E-state index >= 15 is 0 Å². The fourth-order valence-corrected chi connectivity index (χ4v) is 2.28. The van der Waals surface area contributed by atoms with Crippen molar-refractivity contribution in [2.75, 3.05) is 13.7 Å². The second kappa shape index (κ2) is 5.72. The maximum absolute atomic E-state index is 5.25. The van der Waals surface area contributed by atoms with Crippen LogP contribution in [-0.2, 0) is 4.74 Å². The van der Waals surface area contributed by atoms with Crippen molar-refractivity contribution in [2.45, 2.75) is 52.1 Å². The molecule has 0 amide bonds. The van der Waals surface area contributed by atoms with Crippen molar-refractivity contribution < 1.29 is 4.74 Å². The van der Waals surface area contributed by atoms with Gasteiger partial charge in [0.1, 0.15) is 0 Å². The standard InChI is InChI=1S/C12H25NO/c1-9(2)12(8-14-4)13-11-7-5-6-10(11)3/h9-13H,5-8H2,1-4H3. The summed E-state index contributed by atoms with van der Waals surface area (Å²) < 4.78 is 5.25. The van der Waals surface area contributed by atoms with Gasteiger partial charge in [0.2, 0.25) is 0 Å². The SMILES string of the molecule is COCC(NC1CCCC1C)C(C)C. The molecule has 0 spiro atoms. The van der Waals surface area contributed by atoms with Gasteiger partial charge in [0.05, 0.1) is 6.61 Å². The first-order valence-electron chi connectivity index (χ1n) is 5.90. The smallest absolute Gasteiger partial charge is 0.0618 e. The molecule has 1 aliphatic carbocycles. The van der Waals surface area contributed by atoms with E-state index in [-0.39, 0.29) is 0 Å². The molecule has 3 unspecified atom stereocenters. The highest BCUT2D eigenvalue weighted by molar-refractivity contribution is 4.84. The lowest BCUT2D eigenvalue weighted by Crippen LogP contribution is -2.45. The average molecular weight is 199 g/mol. The highest BCUT2D eigenvalue weighted by Gasteiger charge is 2.26. The van der Waals surface area contributed by atoms with Crippen LogP contribution in [0.4, 0.5) is 0 Å². The van der Waals surface area contributed by atoms with Crippen molar-refractivity contribution >= 4 is 0 Å². The quantitative estimate of drug-likeness (QED) is 0.734. The maximum atomic E-state index is 5.25. The van der Waals surface area contributed by atoms with Crippen molar-refractivity contribution in [2.24, 2.45) is 11.8 Å². The molecule has 0 aromatic heterocycles. The lowest BCUT2D eigenvalue weighted by atomic mass is 10.0. The zero-order chi connectivity index (χ0) is 10.6. The predicted molar refractivity (Wildman–Crippen MR) is 60.4 cm³/mol. The van der Waals surface area contributed by atoms with Gasteiger partial charge in [0.25, 0.3) is 0 Å². The molecule has 2 nitrogen and oxygen atoms in total. The van der Waals surface area contributed by atoms with Gasteiger partial charge in [-0.25, -0.2) is 0 Å². The minimum atomic E-state index is 0.519. The molecule has 2 heteroatoms. The van der Waals surface area contributed by atoms with Crippen molar-refractivity contribution in [3.05, 3.63) is 0 Å². The van der Waals surface area contributed by atoms with Crippen LogP contribution in [-0.4, -0.2) is 25.8 Å². The second-order valence-corrected chi connectivity index (χ2v) is 4.99. The first-order valence-corrected chi connectivity index (χ1v) is 5.90. The molecule has 1 N–H and O–H groups in total. The minimum absolute atomic E-state index is 0.519. The van der Waals surface area contributed by atoms with Crippen LogP contribution in [0.5, 0.6) is 0 Å². The van der Waals surface area contributed by atoms with E-state index in [2.05, 4.69) is 26.1 Å². The van der Waals surface area contributed by atoms with Gasteiger partial charge in [0.15, 0.2) is 0 Å². The molecule has 1 aliphatic rings. The number of ether oxygens (including phenoxy) is 1. The second-order valence-electron chi connectivity index (χ2n) is 4.99. The minimum Gasteiger partial charge on any atom is -0.383 e. The topological polar surface area (TPSA) is 21.3 Å². The van der Waals surface area contributed by atoms with Crippen molar-refractivity contribution in [1.82, 2.24) is 5.32 Å². The van der Waals surface area contributed by atoms with Gasteiger partial charge in [-0.1, -0.05) is 27.2 Å². The third-order valence-corrected chi connectivity index (χ3v) is 3.44. The summed E-state index contributed by atoms with van der Waals surface area (Å²) in [7, 11) is 1.79. The Labute approximate surface area is 88.4 Å². The molecule has 1 fully saturated rings. The van der Waals surface area contributed by atoms with E-state index in [0.717, 1.165) is 18.6 Å². The van der Waals surface area contributed by atoms with Crippen molar-refractivity contribution in [1.29, 1.82) is 0 Å². The van der Waals surface area contributed by atoms with Gasteiger partial charge in [-0.2, -0.15) is 0 Å². The highest BCUT2D eigenvalue weighted by Crippen LogP contribution is 2.25. The van der Waals surface area contributed by atoms with Crippen LogP contribution in [0.3, 0.4) is 0 Å². The van der Waals surface area contributed by atoms with Crippen LogP contribution in [0, 0.1) is 11.8 Å². The van der Waals surface area contributed by atoms with Crippen LogP contribution < -0.4 is 5.32 Å². The molecule has 14 heavy (non-hydrogen) atoms. The summed E-state index contributed by atoms with van der Waals surface area (Å²) in [6.07, 6.45) is 4.11. The summed E-state index contributed by atoms with van der Waals surface area (Å²) in [6.45, 7) is 7.71.